The van der Waals surface area contributed by atoms with Gasteiger partial charge in [-0.3, -0.25) is 9.59 Å². The number of carbonyl (C=O) groups excluding carboxylic acids is 2. The second-order valence-electron chi connectivity index (χ2n) is 9.53. The number of aryl methyl sites for hydroxylation is 1. The maximum Gasteiger partial charge on any atom is 0.222 e. The molecule has 2 heterocycles. The molecule has 0 radical (unpaired) electrons. The minimum Gasteiger partial charge on any atom is -0.342 e. The molecule has 0 bridgehead atoms. The summed E-state index contributed by atoms with van der Waals surface area (Å²) in [5, 5.41) is 2.79. The number of hydrogen-bond acceptors (Lipinski definition) is 2. The normalized spacial score (nSPS) is 18.1. The lowest BCUT2D eigenvalue weighted by Gasteiger charge is -2.35. The fourth-order valence-electron chi connectivity index (χ4n) is 4.98. The zero-order valence-electron chi connectivity index (χ0n) is 20.1. The highest BCUT2D eigenvalue weighted by atomic mass is 19.1. The molecule has 2 atom stereocenters. The van der Waals surface area contributed by atoms with Crippen LogP contribution >= 0.6 is 0 Å². The minimum atomic E-state index is -0.280. The van der Waals surface area contributed by atoms with Gasteiger partial charge in [0.1, 0.15) is 5.82 Å². The Labute approximate surface area is 200 Å². The van der Waals surface area contributed by atoms with Gasteiger partial charge in [-0.2, -0.15) is 0 Å². The van der Waals surface area contributed by atoms with Crippen molar-refractivity contribution in [3.8, 4) is 16.9 Å². The summed E-state index contributed by atoms with van der Waals surface area (Å²) in [6.07, 6.45) is 2.21. The molecule has 0 saturated carbocycles. The monoisotopic (exact) mass is 461 g/mol. The highest BCUT2D eigenvalue weighted by Gasteiger charge is 2.25. The zero-order valence-corrected chi connectivity index (χ0v) is 20.1. The maximum absolute atomic E-state index is 13.5. The summed E-state index contributed by atoms with van der Waals surface area (Å²) in [6, 6.07) is 18.1. The van der Waals surface area contributed by atoms with Gasteiger partial charge in [-0.05, 0) is 90.9 Å². The molecule has 0 spiro atoms. The van der Waals surface area contributed by atoms with Crippen molar-refractivity contribution in [2.75, 3.05) is 18.4 Å². The number of nitrogens with one attached hydrogen (secondary N) is 1. The predicted molar refractivity (Wildman–Crippen MR) is 133 cm³/mol. The molecule has 1 aromatic heterocycles. The average Bonchev–Trinajstić information content (AvgIpc) is 3.21. The van der Waals surface area contributed by atoms with Crippen LogP contribution in [0.5, 0.6) is 0 Å². The molecule has 34 heavy (non-hydrogen) atoms. The van der Waals surface area contributed by atoms with E-state index >= 15 is 0 Å². The Morgan fingerprint density at radius 3 is 2.21 bits per heavy atom. The Morgan fingerprint density at radius 2 is 1.59 bits per heavy atom. The summed E-state index contributed by atoms with van der Waals surface area (Å²) in [7, 11) is 0. The molecule has 4 rings (SSSR count). The van der Waals surface area contributed by atoms with Crippen LogP contribution < -0.4 is 5.32 Å². The van der Waals surface area contributed by atoms with Gasteiger partial charge in [-0.1, -0.05) is 13.8 Å². The number of aromatic nitrogens is 1. The third-order valence-corrected chi connectivity index (χ3v) is 6.36. The lowest BCUT2D eigenvalue weighted by Crippen LogP contribution is -2.42. The second-order valence-corrected chi connectivity index (χ2v) is 9.53. The SMILES string of the molecule is CC(=O)Nc1ccc(-n2c(CCC(=O)N3C[C@H](C)C[C@@H](C)C3)ccc2-c2ccc(F)cc2)cc1. The number of piperidine rings is 1. The smallest absolute Gasteiger partial charge is 0.222 e. The van der Waals surface area contributed by atoms with E-state index in [9.17, 15) is 14.0 Å². The molecule has 2 amide bonds. The Hall–Kier alpha value is -3.41. The number of halogens is 1. The fraction of sp³-hybridized carbons (Fsp3) is 0.357. The fourth-order valence-corrected chi connectivity index (χ4v) is 4.98. The molecule has 6 heteroatoms. The first-order valence-electron chi connectivity index (χ1n) is 11.9. The first-order valence-corrected chi connectivity index (χ1v) is 11.9. The van der Waals surface area contributed by atoms with E-state index in [0.717, 1.165) is 41.4 Å². The van der Waals surface area contributed by atoms with Crippen molar-refractivity contribution in [3.63, 3.8) is 0 Å². The van der Waals surface area contributed by atoms with Gasteiger partial charge >= 0.3 is 0 Å². The van der Waals surface area contributed by atoms with E-state index in [4.69, 9.17) is 0 Å². The van der Waals surface area contributed by atoms with Gasteiger partial charge in [0.15, 0.2) is 0 Å². The van der Waals surface area contributed by atoms with Crippen LogP contribution in [-0.2, 0) is 16.0 Å². The van der Waals surface area contributed by atoms with E-state index in [0.29, 0.717) is 24.7 Å². The number of rotatable bonds is 6. The summed E-state index contributed by atoms with van der Waals surface area (Å²) in [5.74, 6) is 0.849. The summed E-state index contributed by atoms with van der Waals surface area (Å²) in [5.41, 5.74) is 4.47. The molecule has 1 aliphatic heterocycles. The van der Waals surface area contributed by atoms with Crippen LogP contribution in [0, 0.1) is 17.7 Å². The molecule has 1 saturated heterocycles. The van der Waals surface area contributed by atoms with Crippen molar-refractivity contribution in [1.29, 1.82) is 0 Å². The second kappa shape index (κ2) is 10.2. The van der Waals surface area contributed by atoms with Gasteiger partial charge in [0.2, 0.25) is 11.8 Å². The predicted octanol–water partition coefficient (Wildman–Crippen LogP) is 5.68. The molecular formula is C28H32FN3O2. The summed E-state index contributed by atoms with van der Waals surface area (Å²) in [4.78, 5) is 26.4. The number of hydrogen-bond donors (Lipinski definition) is 1. The number of carbonyl (C=O) groups is 2. The number of nitrogens with zero attached hydrogens (tertiary/aromatic N) is 2. The number of amides is 2. The summed E-state index contributed by atoms with van der Waals surface area (Å²) in [6.45, 7) is 7.55. The molecule has 2 aromatic carbocycles. The van der Waals surface area contributed by atoms with Gasteiger partial charge in [0, 0.05) is 43.5 Å². The number of likely N-dealkylation sites (tertiary alicyclic amines) is 1. The average molecular weight is 462 g/mol. The topological polar surface area (TPSA) is 54.3 Å². The van der Waals surface area contributed by atoms with Crippen LogP contribution in [0.4, 0.5) is 10.1 Å². The Morgan fingerprint density at radius 1 is 0.941 bits per heavy atom. The molecule has 1 N–H and O–H groups in total. The highest BCUT2D eigenvalue weighted by molar-refractivity contribution is 5.88. The van der Waals surface area contributed by atoms with Gasteiger partial charge in [-0.15, -0.1) is 0 Å². The molecule has 1 aliphatic rings. The zero-order chi connectivity index (χ0) is 24.2. The third kappa shape index (κ3) is 5.56. The van der Waals surface area contributed by atoms with Gasteiger partial charge in [0.05, 0.1) is 5.69 Å². The van der Waals surface area contributed by atoms with E-state index < -0.39 is 0 Å². The number of benzene rings is 2. The van der Waals surface area contributed by atoms with Crippen molar-refractivity contribution < 1.29 is 14.0 Å². The Bertz CT molecular complexity index is 1140. The highest BCUT2D eigenvalue weighted by Crippen LogP contribution is 2.29. The molecule has 1 fully saturated rings. The third-order valence-electron chi connectivity index (χ3n) is 6.36. The first-order chi connectivity index (χ1) is 16.3. The van der Waals surface area contributed by atoms with Crippen molar-refractivity contribution in [1.82, 2.24) is 9.47 Å². The van der Waals surface area contributed by atoms with Crippen LogP contribution in [0.2, 0.25) is 0 Å². The first kappa shape index (κ1) is 23.7. The molecule has 3 aromatic rings. The molecule has 0 unspecified atom stereocenters. The van der Waals surface area contributed by atoms with E-state index in [1.54, 1.807) is 12.1 Å². The summed E-state index contributed by atoms with van der Waals surface area (Å²) < 4.78 is 15.6. The quantitative estimate of drug-likeness (QED) is 0.514. The van der Waals surface area contributed by atoms with Crippen molar-refractivity contribution in [3.05, 3.63) is 72.2 Å². The Balaban J connectivity index is 1.61. The van der Waals surface area contributed by atoms with Crippen LogP contribution in [-0.4, -0.2) is 34.4 Å². The molecule has 5 nitrogen and oxygen atoms in total. The van der Waals surface area contributed by atoms with Crippen LogP contribution in [0.15, 0.2) is 60.7 Å². The van der Waals surface area contributed by atoms with E-state index in [2.05, 4.69) is 23.7 Å². The summed E-state index contributed by atoms with van der Waals surface area (Å²) >= 11 is 0. The van der Waals surface area contributed by atoms with Crippen LogP contribution in [0.1, 0.15) is 39.3 Å². The molecule has 178 valence electrons. The van der Waals surface area contributed by atoms with Gasteiger partial charge < -0.3 is 14.8 Å². The van der Waals surface area contributed by atoms with Gasteiger partial charge in [-0.25, -0.2) is 4.39 Å². The molecular weight excluding hydrogens is 429 g/mol. The largest absolute Gasteiger partial charge is 0.342 e. The van der Waals surface area contributed by atoms with Crippen LogP contribution in [0.3, 0.4) is 0 Å². The van der Waals surface area contributed by atoms with E-state index in [1.165, 1.54) is 25.5 Å². The van der Waals surface area contributed by atoms with Crippen molar-refractivity contribution in [2.45, 2.75) is 40.0 Å². The van der Waals surface area contributed by atoms with Crippen LogP contribution in [0.25, 0.3) is 16.9 Å². The molecule has 0 aliphatic carbocycles. The standard InChI is InChI=1S/C28H32FN3O2/c1-19-16-20(2)18-31(17-19)28(34)15-13-26-12-14-27(22-4-6-23(29)7-5-22)32(26)25-10-8-24(9-11-25)30-21(3)33/h4-12,14,19-20H,13,15-18H2,1-3H3,(H,30,33)/t19-,20-/m1/s1. The van der Waals surface area contributed by atoms with E-state index in [-0.39, 0.29) is 17.6 Å². The maximum atomic E-state index is 13.5. The minimum absolute atomic E-state index is 0.124. The van der Waals surface area contributed by atoms with Crippen molar-refractivity contribution in [2.24, 2.45) is 11.8 Å². The Kier molecular flexibility index (Phi) is 7.15. The lowest BCUT2D eigenvalue weighted by atomic mass is 9.91. The van der Waals surface area contributed by atoms with Crippen molar-refractivity contribution >= 4 is 17.5 Å². The van der Waals surface area contributed by atoms with E-state index in [1.807, 2.05) is 41.3 Å². The van der Waals surface area contributed by atoms with Gasteiger partial charge in [0.25, 0.3) is 0 Å². The number of anilines is 1. The lowest BCUT2D eigenvalue weighted by molar-refractivity contribution is -0.133.